The Hall–Kier alpha value is -1.26. The zero-order chi connectivity index (χ0) is 19.6. The van der Waals surface area contributed by atoms with E-state index in [2.05, 4.69) is 47.2 Å². The molecule has 4 heteroatoms. The van der Waals surface area contributed by atoms with E-state index in [0.717, 1.165) is 39.3 Å². The molecule has 0 spiro atoms. The molecule has 3 fully saturated rings. The van der Waals surface area contributed by atoms with Gasteiger partial charge in [-0.3, -0.25) is 0 Å². The zero-order valence-corrected chi connectivity index (χ0v) is 18.2. The minimum atomic E-state index is 0.375. The van der Waals surface area contributed by atoms with Crippen molar-refractivity contribution in [3.63, 3.8) is 0 Å². The highest BCUT2D eigenvalue weighted by Crippen LogP contribution is 2.45. The maximum absolute atomic E-state index is 5.67. The van der Waals surface area contributed by atoms with Crippen LogP contribution in [-0.4, -0.2) is 52.5 Å². The summed E-state index contributed by atoms with van der Waals surface area (Å²) in [7, 11) is 1.86. The van der Waals surface area contributed by atoms with Crippen molar-refractivity contribution in [1.29, 1.82) is 0 Å². The molecule has 0 radical (unpaired) electrons. The van der Waals surface area contributed by atoms with Crippen LogP contribution < -0.4 is 15.1 Å². The van der Waals surface area contributed by atoms with Crippen LogP contribution in [0.5, 0.6) is 0 Å². The second-order valence-electron chi connectivity index (χ2n) is 9.86. The van der Waals surface area contributed by atoms with Gasteiger partial charge in [-0.25, -0.2) is 0 Å². The first-order valence-electron chi connectivity index (χ1n) is 11.4. The van der Waals surface area contributed by atoms with E-state index in [1.54, 1.807) is 5.56 Å². The van der Waals surface area contributed by atoms with Gasteiger partial charge in [0.15, 0.2) is 0 Å². The topological polar surface area (TPSA) is 27.7 Å². The third-order valence-corrected chi connectivity index (χ3v) is 7.32. The molecular weight excluding hydrogens is 346 g/mol. The third-order valence-electron chi connectivity index (χ3n) is 7.32. The standard InChI is InChI=1S/C24H39N3O/c1-24(2)10-8-19(9-11-24)22-17-20(27-14-4-5-21(18-27)28-3)6-7-23(22)26-15-12-25-13-16-26/h6-7,17,19,21,25H,4-5,8-16,18H2,1-3H3/t21-/m0/s1. The van der Waals surface area contributed by atoms with Crippen molar-refractivity contribution in [2.75, 3.05) is 56.2 Å². The zero-order valence-electron chi connectivity index (χ0n) is 18.2. The van der Waals surface area contributed by atoms with Crippen LogP contribution in [0.1, 0.15) is 63.9 Å². The van der Waals surface area contributed by atoms with Gasteiger partial charge >= 0.3 is 0 Å². The van der Waals surface area contributed by atoms with Crippen LogP contribution >= 0.6 is 0 Å². The molecule has 0 bridgehead atoms. The molecule has 0 amide bonds. The first kappa shape index (κ1) is 20.0. The number of piperazine rings is 1. The normalized spacial score (nSPS) is 26.5. The number of hydrogen-bond donors (Lipinski definition) is 1. The number of rotatable bonds is 4. The molecule has 0 unspecified atom stereocenters. The van der Waals surface area contributed by atoms with Gasteiger partial charge in [-0.15, -0.1) is 0 Å². The van der Waals surface area contributed by atoms with E-state index in [1.807, 2.05) is 7.11 Å². The summed E-state index contributed by atoms with van der Waals surface area (Å²) in [4.78, 5) is 5.17. The Balaban J connectivity index is 1.61. The number of methoxy groups -OCH3 is 1. The van der Waals surface area contributed by atoms with Crippen molar-refractivity contribution in [2.24, 2.45) is 5.41 Å². The molecule has 4 rings (SSSR count). The summed E-state index contributed by atoms with van der Waals surface area (Å²) in [6.45, 7) is 11.5. The average molecular weight is 386 g/mol. The average Bonchev–Trinajstić information content (AvgIpc) is 2.74. The Kier molecular flexibility index (Phi) is 6.17. The molecule has 0 aromatic heterocycles. The van der Waals surface area contributed by atoms with Gasteiger partial charge in [0.2, 0.25) is 0 Å². The van der Waals surface area contributed by atoms with Gasteiger partial charge < -0.3 is 19.9 Å². The molecule has 3 aliphatic rings. The van der Waals surface area contributed by atoms with Gasteiger partial charge in [0.1, 0.15) is 0 Å². The number of nitrogens with zero attached hydrogens (tertiary/aromatic N) is 2. The Bertz CT molecular complexity index is 643. The van der Waals surface area contributed by atoms with Gasteiger partial charge in [0.05, 0.1) is 6.10 Å². The van der Waals surface area contributed by atoms with Gasteiger partial charge in [-0.05, 0) is 73.6 Å². The van der Waals surface area contributed by atoms with Gasteiger partial charge in [0, 0.05) is 57.8 Å². The molecule has 2 saturated heterocycles. The molecule has 1 atom stereocenters. The van der Waals surface area contributed by atoms with Crippen LogP contribution in [0, 0.1) is 5.41 Å². The summed E-state index contributed by atoms with van der Waals surface area (Å²) in [5.41, 5.74) is 5.02. The van der Waals surface area contributed by atoms with Crippen LogP contribution in [0.25, 0.3) is 0 Å². The molecule has 1 aromatic carbocycles. The summed E-state index contributed by atoms with van der Waals surface area (Å²) in [5, 5.41) is 3.50. The quantitative estimate of drug-likeness (QED) is 0.832. The van der Waals surface area contributed by atoms with E-state index >= 15 is 0 Å². The molecule has 1 saturated carbocycles. The Morgan fingerprint density at radius 3 is 2.46 bits per heavy atom. The van der Waals surface area contributed by atoms with Crippen molar-refractivity contribution in [2.45, 2.75) is 64.4 Å². The molecule has 1 N–H and O–H groups in total. The van der Waals surface area contributed by atoms with E-state index < -0.39 is 0 Å². The van der Waals surface area contributed by atoms with Crippen molar-refractivity contribution >= 4 is 11.4 Å². The van der Waals surface area contributed by atoms with Crippen LogP contribution in [0.15, 0.2) is 18.2 Å². The van der Waals surface area contributed by atoms with E-state index in [1.165, 1.54) is 49.9 Å². The Labute approximate surface area is 171 Å². The van der Waals surface area contributed by atoms with Gasteiger partial charge in [-0.1, -0.05) is 13.8 Å². The number of benzene rings is 1. The van der Waals surface area contributed by atoms with E-state index in [0.29, 0.717) is 17.4 Å². The minimum Gasteiger partial charge on any atom is -0.380 e. The van der Waals surface area contributed by atoms with Crippen molar-refractivity contribution in [3.8, 4) is 0 Å². The number of nitrogens with one attached hydrogen (secondary N) is 1. The lowest BCUT2D eigenvalue weighted by Crippen LogP contribution is -2.44. The van der Waals surface area contributed by atoms with E-state index in [-0.39, 0.29) is 0 Å². The summed E-state index contributed by atoms with van der Waals surface area (Å²) < 4.78 is 5.67. The summed E-state index contributed by atoms with van der Waals surface area (Å²) >= 11 is 0. The van der Waals surface area contributed by atoms with E-state index in [4.69, 9.17) is 4.74 Å². The van der Waals surface area contributed by atoms with Crippen LogP contribution in [-0.2, 0) is 4.74 Å². The summed E-state index contributed by atoms with van der Waals surface area (Å²) in [6, 6.07) is 7.33. The van der Waals surface area contributed by atoms with Crippen molar-refractivity contribution in [1.82, 2.24) is 5.32 Å². The summed E-state index contributed by atoms with van der Waals surface area (Å²) in [5.74, 6) is 0.709. The molecule has 2 heterocycles. The molecule has 156 valence electrons. The van der Waals surface area contributed by atoms with Gasteiger partial charge in [0.25, 0.3) is 0 Å². The maximum Gasteiger partial charge on any atom is 0.0746 e. The molecule has 4 nitrogen and oxygen atoms in total. The predicted molar refractivity (Wildman–Crippen MR) is 119 cm³/mol. The largest absolute Gasteiger partial charge is 0.380 e. The van der Waals surface area contributed by atoms with Crippen LogP contribution in [0.3, 0.4) is 0 Å². The van der Waals surface area contributed by atoms with Crippen molar-refractivity contribution < 1.29 is 4.74 Å². The predicted octanol–water partition coefficient (Wildman–Crippen LogP) is 4.40. The van der Waals surface area contributed by atoms with Crippen LogP contribution in [0.2, 0.25) is 0 Å². The number of hydrogen-bond acceptors (Lipinski definition) is 4. The first-order chi connectivity index (χ1) is 13.6. The maximum atomic E-state index is 5.67. The monoisotopic (exact) mass is 385 g/mol. The highest BCUT2D eigenvalue weighted by Gasteiger charge is 2.30. The second-order valence-corrected chi connectivity index (χ2v) is 9.86. The molecule has 28 heavy (non-hydrogen) atoms. The van der Waals surface area contributed by atoms with Crippen LogP contribution in [0.4, 0.5) is 11.4 Å². The SMILES string of the molecule is CO[C@H]1CCCN(c2ccc(N3CCNCC3)c(C3CCC(C)(C)CC3)c2)C1. The molecule has 1 aromatic rings. The Morgan fingerprint density at radius 1 is 1.00 bits per heavy atom. The van der Waals surface area contributed by atoms with Gasteiger partial charge in [-0.2, -0.15) is 0 Å². The Morgan fingerprint density at radius 2 is 1.75 bits per heavy atom. The number of piperidine rings is 1. The third kappa shape index (κ3) is 4.49. The first-order valence-corrected chi connectivity index (χ1v) is 11.4. The highest BCUT2D eigenvalue weighted by molar-refractivity contribution is 5.63. The fourth-order valence-electron chi connectivity index (χ4n) is 5.33. The number of anilines is 2. The summed E-state index contributed by atoms with van der Waals surface area (Å²) in [6.07, 6.45) is 8.14. The minimum absolute atomic E-state index is 0.375. The van der Waals surface area contributed by atoms with Crippen molar-refractivity contribution in [3.05, 3.63) is 23.8 Å². The fraction of sp³-hybridized carbons (Fsp3) is 0.750. The fourth-order valence-corrected chi connectivity index (χ4v) is 5.33. The lowest BCUT2D eigenvalue weighted by molar-refractivity contribution is 0.0893. The smallest absolute Gasteiger partial charge is 0.0746 e. The molecule has 1 aliphatic carbocycles. The number of ether oxygens (including phenoxy) is 1. The molecule has 2 aliphatic heterocycles. The second kappa shape index (κ2) is 8.62. The lowest BCUT2D eigenvalue weighted by Gasteiger charge is -2.39. The highest BCUT2D eigenvalue weighted by atomic mass is 16.5. The molecular formula is C24H39N3O. The van der Waals surface area contributed by atoms with E-state index in [9.17, 15) is 0 Å². The lowest BCUT2D eigenvalue weighted by atomic mass is 9.71.